The number of hydrogen-bond acceptors (Lipinski definition) is 2. The molecule has 3 rings (SSSR count). The third kappa shape index (κ3) is 3.49. The van der Waals surface area contributed by atoms with E-state index in [2.05, 4.69) is 87.6 Å². The summed E-state index contributed by atoms with van der Waals surface area (Å²) in [6, 6.07) is 17.6. The topological polar surface area (TPSA) is 0 Å². The lowest BCUT2D eigenvalue weighted by Crippen LogP contribution is -2.34. The van der Waals surface area contributed by atoms with Gasteiger partial charge in [-0.1, -0.05) is 38.1 Å². The first-order valence-corrected chi connectivity index (χ1v) is 9.50. The van der Waals surface area contributed by atoms with Crippen LogP contribution in [0, 0.1) is 11.8 Å². The van der Waals surface area contributed by atoms with Gasteiger partial charge in [-0.15, -0.1) is 25.3 Å². The molecule has 0 atom stereocenters. The Labute approximate surface area is 151 Å². The second-order valence-corrected chi connectivity index (χ2v) is 8.29. The molecule has 0 saturated heterocycles. The van der Waals surface area contributed by atoms with Crippen LogP contribution in [0.5, 0.6) is 0 Å². The predicted octanol–water partition coefficient (Wildman–Crippen LogP) is 6.40. The molecule has 0 heterocycles. The van der Waals surface area contributed by atoms with Gasteiger partial charge in [-0.05, 0) is 72.9 Å². The minimum atomic E-state index is 0.147. The van der Waals surface area contributed by atoms with Gasteiger partial charge in [0.05, 0.1) is 0 Å². The molecule has 0 spiro atoms. The fraction of sp³-hybridized carbons (Fsp3) is 0.429. The van der Waals surface area contributed by atoms with Crippen LogP contribution in [0.3, 0.4) is 0 Å². The Bertz CT molecular complexity index is 585. The molecule has 1 aliphatic rings. The molecule has 1 saturated carbocycles. The van der Waals surface area contributed by atoms with E-state index in [1.807, 2.05) is 0 Å². The number of rotatable bonds is 3. The maximum atomic E-state index is 4.45. The fourth-order valence-corrected chi connectivity index (χ4v) is 4.40. The summed E-state index contributed by atoms with van der Waals surface area (Å²) < 4.78 is 0. The molecule has 0 unspecified atom stereocenters. The first-order chi connectivity index (χ1) is 11.0. The second kappa shape index (κ2) is 6.94. The van der Waals surface area contributed by atoms with Crippen LogP contribution in [0.15, 0.2) is 58.3 Å². The lowest BCUT2D eigenvalue weighted by atomic mass is 9.62. The van der Waals surface area contributed by atoms with Gasteiger partial charge < -0.3 is 0 Å². The van der Waals surface area contributed by atoms with Crippen molar-refractivity contribution in [3.63, 3.8) is 0 Å². The monoisotopic (exact) mass is 342 g/mol. The molecular formula is C21H26S2. The van der Waals surface area contributed by atoms with Crippen molar-refractivity contribution in [2.45, 2.75) is 54.7 Å². The summed E-state index contributed by atoms with van der Waals surface area (Å²) in [5.74, 6) is 1.64. The normalized spacial score (nSPS) is 18.3. The zero-order chi connectivity index (χ0) is 16.4. The molecule has 122 valence electrons. The van der Waals surface area contributed by atoms with Crippen LogP contribution in [0.25, 0.3) is 0 Å². The Morgan fingerprint density at radius 1 is 0.783 bits per heavy atom. The van der Waals surface area contributed by atoms with Gasteiger partial charge >= 0.3 is 0 Å². The Morgan fingerprint density at radius 3 is 1.52 bits per heavy atom. The van der Waals surface area contributed by atoms with Crippen LogP contribution in [-0.4, -0.2) is 0 Å². The highest BCUT2D eigenvalue weighted by Gasteiger charge is 2.38. The molecule has 2 aromatic carbocycles. The maximum absolute atomic E-state index is 4.45. The van der Waals surface area contributed by atoms with Gasteiger partial charge in [0.1, 0.15) is 0 Å². The summed E-state index contributed by atoms with van der Waals surface area (Å²) in [5, 5.41) is 0. The number of hydrogen-bond donors (Lipinski definition) is 2. The summed E-state index contributed by atoms with van der Waals surface area (Å²) in [6.07, 6.45) is 5.08. The molecule has 1 fully saturated rings. The van der Waals surface area contributed by atoms with Gasteiger partial charge in [0.2, 0.25) is 0 Å². The molecule has 1 aliphatic carbocycles. The van der Waals surface area contributed by atoms with Crippen molar-refractivity contribution in [1.29, 1.82) is 0 Å². The van der Waals surface area contributed by atoms with E-state index in [1.165, 1.54) is 36.8 Å². The minimum Gasteiger partial charge on any atom is -0.143 e. The van der Waals surface area contributed by atoms with E-state index in [-0.39, 0.29) is 5.41 Å². The highest BCUT2D eigenvalue weighted by Crippen LogP contribution is 2.48. The van der Waals surface area contributed by atoms with E-state index >= 15 is 0 Å². The molecule has 23 heavy (non-hydrogen) atoms. The minimum absolute atomic E-state index is 0.147. The summed E-state index contributed by atoms with van der Waals surface area (Å²) in [6.45, 7) is 4.73. The third-order valence-corrected chi connectivity index (χ3v) is 6.26. The Kier molecular flexibility index (Phi) is 5.13. The van der Waals surface area contributed by atoms with E-state index < -0.39 is 0 Å². The van der Waals surface area contributed by atoms with Crippen LogP contribution in [0.2, 0.25) is 0 Å². The number of thiol groups is 2. The number of benzene rings is 2. The van der Waals surface area contributed by atoms with Crippen molar-refractivity contribution >= 4 is 25.3 Å². The Hall–Kier alpha value is -0.860. The van der Waals surface area contributed by atoms with Crippen LogP contribution >= 0.6 is 25.3 Å². The zero-order valence-electron chi connectivity index (χ0n) is 14.0. The molecule has 2 aromatic rings. The third-order valence-electron chi connectivity index (χ3n) is 5.67. The van der Waals surface area contributed by atoms with Gasteiger partial charge in [0, 0.05) is 15.2 Å². The maximum Gasteiger partial charge on any atom is 0.0203 e. The first-order valence-electron chi connectivity index (χ1n) is 8.60. The molecule has 2 heteroatoms. The van der Waals surface area contributed by atoms with Crippen LogP contribution in [0.1, 0.15) is 50.7 Å². The van der Waals surface area contributed by atoms with Crippen molar-refractivity contribution in [2.24, 2.45) is 11.8 Å². The fourth-order valence-electron chi connectivity index (χ4n) is 4.10. The van der Waals surface area contributed by atoms with E-state index in [0.29, 0.717) is 0 Å². The Balaban J connectivity index is 2.00. The van der Waals surface area contributed by atoms with Gasteiger partial charge in [-0.25, -0.2) is 0 Å². The van der Waals surface area contributed by atoms with E-state index in [9.17, 15) is 0 Å². The van der Waals surface area contributed by atoms with Gasteiger partial charge in [0.25, 0.3) is 0 Å². The summed E-state index contributed by atoms with van der Waals surface area (Å²) >= 11 is 8.91. The van der Waals surface area contributed by atoms with E-state index in [4.69, 9.17) is 0 Å². The highest BCUT2D eigenvalue weighted by atomic mass is 32.1. The highest BCUT2D eigenvalue weighted by molar-refractivity contribution is 7.80. The lowest BCUT2D eigenvalue weighted by Gasteiger charge is -2.42. The molecule has 0 aromatic heterocycles. The quantitative estimate of drug-likeness (QED) is 0.593. The molecule has 0 amide bonds. The summed E-state index contributed by atoms with van der Waals surface area (Å²) in [4.78, 5) is 2.07. The van der Waals surface area contributed by atoms with Crippen molar-refractivity contribution in [2.75, 3.05) is 0 Å². The second-order valence-electron chi connectivity index (χ2n) is 7.26. The van der Waals surface area contributed by atoms with Crippen molar-refractivity contribution in [3.8, 4) is 0 Å². The van der Waals surface area contributed by atoms with Crippen molar-refractivity contribution in [1.82, 2.24) is 0 Å². The van der Waals surface area contributed by atoms with Crippen molar-refractivity contribution in [3.05, 3.63) is 59.7 Å². The van der Waals surface area contributed by atoms with E-state index in [0.717, 1.165) is 21.6 Å². The molecule has 0 N–H and O–H groups in total. The SMILES string of the molecule is CC(C)C1CCC(c2ccc(S)cc2)(c2ccc(S)cc2)CC1. The van der Waals surface area contributed by atoms with Crippen molar-refractivity contribution < 1.29 is 0 Å². The smallest absolute Gasteiger partial charge is 0.0203 e. The predicted molar refractivity (Wildman–Crippen MR) is 105 cm³/mol. The van der Waals surface area contributed by atoms with Gasteiger partial charge in [-0.3, -0.25) is 0 Å². The average Bonchev–Trinajstić information content (AvgIpc) is 2.56. The molecule has 0 radical (unpaired) electrons. The summed E-state index contributed by atoms with van der Waals surface area (Å²) in [5.41, 5.74) is 3.02. The molecule has 0 aliphatic heterocycles. The molecular weight excluding hydrogens is 316 g/mol. The first kappa shape index (κ1) is 17.0. The standard InChI is InChI=1S/C21H26S2/c1-15(2)16-11-13-21(14-12-16,17-3-7-19(22)8-4-17)18-5-9-20(23)10-6-18/h3-10,15-16,22-23H,11-14H2,1-2H3. The zero-order valence-corrected chi connectivity index (χ0v) is 15.8. The van der Waals surface area contributed by atoms with Crippen LogP contribution < -0.4 is 0 Å². The van der Waals surface area contributed by atoms with E-state index in [1.54, 1.807) is 0 Å². The largest absolute Gasteiger partial charge is 0.143 e. The summed E-state index contributed by atoms with van der Waals surface area (Å²) in [7, 11) is 0. The molecule has 0 nitrogen and oxygen atoms in total. The Morgan fingerprint density at radius 2 is 1.17 bits per heavy atom. The van der Waals surface area contributed by atoms with Gasteiger partial charge in [0.15, 0.2) is 0 Å². The van der Waals surface area contributed by atoms with Crippen LogP contribution in [-0.2, 0) is 5.41 Å². The van der Waals surface area contributed by atoms with Gasteiger partial charge in [-0.2, -0.15) is 0 Å². The lowest BCUT2D eigenvalue weighted by molar-refractivity contribution is 0.217. The van der Waals surface area contributed by atoms with Crippen LogP contribution in [0.4, 0.5) is 0 Å². The molecule has 0 bridgehead atoms. The average molecular weight is 343 g/mol.